The van der Waals surface area contributed by atoms with Gasteiger partial charge in [0.2, 0.25) is 0 Å². The lowest BCUT2D eigenvalue weighted by Gasteiger charge is -2.37. The summed E-state index contributed by atoms with van der Waals surface area (Å²) in [6.45, 7) is 0. The molecule has 2 amide bonds. The summed E-state index contributed by atoms with van der Waals surface area (Å²) < 4.78 is 0. The summed E-state index contributed by atoms with van der Waals surface area (Å²) in [6, 6.07) is 6.42. The third kappa shape index (κ3) is 1.37. The Hall–Kier alpha value is -2.17. The molecular weight excluding hydrogens is 234 g/mol. The number of fused-ring (bicyclic) bond motifs is 1. The van der Waals surface area contributed by atoms with Crippen molar-refractivity contribution in [3.05, 3.63) is 35.4 Å². The second-order valence-electron chi connectivity index (χ2n) is 4.69. The maximum Gasteiger partial charge on any atom is 0.306 e. The van der Waals surface area contributed by atoms with Gasteiger partial charge in [-0.05, 0) is 25.0 Å². The summed E-state index contributed by atoms with van der Waals surface area (Å²) in [5.41, 5.74) is 0.836. The fourth-order valence-electron chi connectivity index (χ4n) is 2.54. The Labute approximate surface area is 103 Å². The number of carboxylic acids is 1. The minimum atomic E-state index is -0.858. The van der Waals surface area contributed by atoms with Crippen molar-refractivity contribution in [3.8, 4) is 0 Å². The summed E-state index contributed by atoms with van der Waals surface area (Å²) in [5, 5.41) is 8.81. The van der Waals surface area contributed by atoms with Crippen molar-refractivity contribution < 1.29 is 19.5 Å². The minimum absolute atomic E-state index is 0.265. The Kier molecular flexibility index (Phi) is 2.23. The molecule has 1 aliphatic carbocycles. The first-order valence-corrected chi connectivity index (χ1v) is 5.79. The molecule has 1 heterocycles. The number of aliphatic carboxylic acids is 1. The van der Waals surface area contributed by atoms with Crippen LogP contribution in [0.4, 0.5) is 0 Å². The van der Waals surface area contributed by atoms with Crippen LogP contribution in [0.2, 0.25) is 0 Å². The van der Waals surface area contributed by atoms with E-state index < -0.39 is 11.9 Å². The van der Waals surface area contributed by atoms with Crippen LogP contribution in [0.1, 0.15) is 33.6 Å². The molecule has 0 spiro atoms. The number of carbonyl (C=O) groups is 3. The van der Waals surface area contributed by atoms with Gasteiger partial charge in [0.1, 0.15) is 0 Å². The van der Waals surface area contributed by atoms with Crippen LogP contribution in [-0.4, -0.2) is 33.8 Å². The second-order valence-corrected chi connectivity index (χ2v) is 4.69. The summed E-state index contributed by atoms with van der Waals surface area (Å²) in [6.07, 6.45) is 0.724. The molecule has 1 aromatic carbocycles. The molecule has 5 heteroatoms. The van der Waals surface area contributed by atoms with Crippen LogP contribution in [0.15, 0.2) is 24.3 Å². The highest BCUT2D eigenvalue weighted by atomic mass is 16.4. The lowest BCUT2D eigenvalue weighted by Crippen LogP contribution is -2.49. The highest BCUT2D eigenvalue weighted by Gasteiger charge is 2.46. The quantitative estimate of drug-likeness (QED) is 0.793. The SMILES string of the molecule is O=C(O)C1CC(N2C(=O)c3ccccc3C2=O)C1. The Balaban J connectivity index is 1.84. The zero-order valence-corrected chi connectivity index (χ0v) is 9.50. The van der Waals surface area contributed by atoms with Crippen molar-refractivity contribution >= 4 is 17.8 Å². The van der Waals surface area contributed by atoms with Crippen molar-refractivity contribution in [2.24, 2.45) is 5.92 Å². The highest BCUT2D eigenvalue weighted by molar-refractivity contribution is 6.21. The minimum Gasteiger partial charge on any atom is -0.481 e. The van der Waals surface area contributed by atoms with Gasteiger partial charge < -0.3 is 5.11 Å². The number of nitrogens with zero attached hydrogens (tertiary/aromatic N) is 1. The number of amides is 2. The Morgan fingerprint density at radius 3 is 2.06 bits per heavy atom. The van der Waals surface area contributed by atoms with E-state index in [0.29, 0.717) is 24.0 Å². The molecule has 1 saturated carbocycles. The fraction of sp³-hybridized carbons (Fsp3) is 0.308. The molecule has 0 saturated heterocycles. The fourth-order valence-corrected chi connectivity index (χ4v) is 2.54. The van der Waals surface area contributed by atoms with Crippen LogP contribution < -0.4 is 0 Å². The van der Waals surface area contributed by atoms with Crippen LogP contribution in [0.5, 0.6) is 0 Å². The third-order valence-electron chi connectivity index (χ3n) is 3.65. The highest BCUT2D eigenvalue weighted by Crippen LogP contribution is 2.36. The normalized spacial score (nSPS) is 25.9. The molecule has 1 fully saturated rings. The number of imide groups is 1. The molecule has 18 heavy (non-hydrogen) atoms. The molecule has 92 valence electrons. The van der Waals surface area contributed by atoms with Crippen LogP contribution in [0.3, 0.4) is 0 Å². The largest absolute Gasteiger partial charge is 0.481 e. The molecule has 5 nitrogen and oxygen atoms in total. The third-order valence-corrected chi connectivity index (χ3v) is 3.65. The summed E-state index contributed by atoms with van der Waals surface area (Å²) in [7, 11) is 0. The molecule has 0 aromatic heterocycles. The van der Waals surface area contributed by atoms with Gasteiger partial charge in [-0.1, -0.05) is 12.1 Å². The molecule has 1 aromatic rings. The van der Waals surface area contributed by atoms with Gasteiger partial charge in [-0.15, -0.1) is 0 Å². The Bertz CT molecular complexity index is 525. The van der Waals surface area contributed by atoms with E-state index in [1.807, 2.05) is 0 Å². The van der Waals surface area contributed by atoms with E-state index in [0.717, 1.165) is 0 Å². The van der Waals surface area contributed by atoms with Gasteiger partial charge in [-0.25, -0.2) is 0 Å². The van der Waals surface area contributed by atoms with E-state index in [9.17, 15) is 14.4 Å². The van der Waals surface area contributed by atoms with Crippen molar-refractivity contribution in [2.75, 3.05) is 0 Å². The lowest BCUT2D eigenvalue weighted by molar-refractivity contribution is -0.146. The Morgan fingerprint density at radius 2 is 1.61 bits per heavy atom. The van der Waals surface area contributed by atoms with Crippen LogP contribution in [-0.2, 0) is 4.79 Å². The van der Waals surface area contributed by atoms with E-state index in [1.165, 1.54) is 4.90 Å². The number of hydrogen-bond donors (Lipinski definition) is 1. The first-order chi connectivity index (χ1) is 8.59. The van der Waals surface area contributed by atoms with Gasteiger partial charge in [0, 0.05) is 6.04 Å². The van der Waals surface area contributed by atoms with Crippen molar-refractivity contribution in [1.29, 1.82) is 0 Å². The van der Waals surface area contributed by atoms with E-state index >= 15 is 0 Å². The van der Waals surface area contributed by atoms with E-state index in [4.69, 9.17) is 5.11 Å². The summed E-state index contributed by atoms with van der Waals surface area (Å²) in [5.74, 6) is -1.89. The van der Waals surface area contributed by atoms with Gasteiger partial charge in [0.25, 0.3) is 11.8 Å². The molecule has 0 unspecified atom stereocenters. The van der Waals surface area contributed by atoms with Gasteiger partial charge >= 0.3 is 5.97 Å². The van der Waals surface area contributed by atoms with Gasteiger partial charge in [0.05, 0.1) is 17.0 Å². The van der Waals surface area contributed by atoms with Crippen molar-refractivity contribution in [2.45, 2.75) is 18.9 Å². The lowest BCUT2D eigenvalue weighted by atomic mass is 9.79. The molecule has 1 N–H and O–H groups in total. The molecule has 3 rings (SSSR count). The van der Waals surface area contributed by atoms with Crippen LogP contribution >= 0.6 is 0 Å². The molecule has 1 aliphatic heterocycles. The maximum atomic E-state index is 12.1. The van der Waals surface area contributed by atoms with E-state index in [2.05, 4.69) is 0 Å². The standard InChI is InChI=1S/C13H11NO4/c15-11-9-3-1-2-4-10(9)12(16)14(11)8-5-7(6-8)13(17)18/h1-4,7-8H,5-6H2,(H,17,18). The number of rotatable bonds is 2. The molecule has 0 radical (unpaired) electrons. The molecule has 0 bridgehead atoms. The number of carbonyl (C=O) groups excluding carboxylic acids is 2. The molecule has 2 aliphatic rings. The Morgan fingerprint density at radius 1 is 1.11 bits per heavy atom. The number of hydrogen-bond acceptors (Lipinski definition) is 3. The van der Waals surface area contributed by atoms with Gasteiger partial charge in [0.15, 0.2) is 0 Å². The smallest absolute Gasteiger partial charge is 0.306 e. The maximum absolute atomic E-state index is 12.1. The summed E-state index contributed by atoms with van der Waals surface area (Å²) >= 11 is 0. The van der Waals surface area contributed by atoms with Gasteiger partial charge in [-0.2, -0.15) is 0 Å². The monoisotopic (exact) mass is 245 g/mol. The number of carboxylic acid groups (broad SMARTS) is 1. The zero-order chi connectivity index (χ0) is 12.9. The first kappa shape index (κ1) is 11.0. The average Bonchev–Trinajstić information content (AvgIpc) is 2.53. The van der Waals surface area contributed by atoms with Crippen LogP contribution in [0.25, 0.3) is 0 Å². The molecule has 0 atom stereocenters. The average molecular weight is 245 g/mol. The van der Waals surface area contributed by atoms with E-state index in [1.54, 1.807) is 24.3 Å². The van der Waals surface area contributed by atoms with E-state index in [-0.39, 0.29) is 17.9 Å². The van der Waals surface area contributed by atoms with Crippen LogP contribution in [0, 0.1) is 5.92 Å². The second kappa shape index (κ2) is 3.66. The topological polar surface area (TPSA) is 74.7 Å². The number of benzene rings is 1. The predicted octanol–water partition coefficient (Wildman–Crippen LogP) is 1.15. The van der Waals surface area contributed by atoms with Gasteiger partial charge in [-0.3, -0.25) is 19.3 Å². The van der Waals surface area contributed by atoms with Crippen molar-refractivity contribution in [3.63, 3.8) is 0 Å². The summed E-state index contributed by atoms with van der Waals surface area (Å²) in [4.78, 5) is 36.1. The van der Waals surface area contributed by atoms with Crippen molar-refractivity contribution in [1.82, 2.24) is 4.90 Å². The molecular formula is C13H11NO4. The first-order valence-electron chi connectivity index (χ1n) is 5.79. The predicted molar refractivity (Wildman–Crippen MR) is 61.1 cm³/mol. The zero-order valence-electron chi connectivity index (χ0n) is 9.50.